The van der Waals surface area contributed by atoms with Crippen molar-refractivity contribution in [2.45, 2.75) is 25.9 Å². The maximum absolute atomic E-state index is 10.3. The van der Waals surface area contributed by atoms with Gasteiger partial charge in [0.2, 0.25) is 0 Å². The first kappa shape index (κ1) is 10.9. The minimum atomic E-state index is -1.27. The first-order valence-corrected chi connectivity index (χ1v) is 3.30. The molecule has 0 radical (unpaired) electrons. The van der Waals surface area contributed by atoms with Crippen LogP contribution in [0.3, 0.4) is 0 Å². The molecule has 0 unspecified atom stereocenters. The van der Waals surface area contributed by atoms with Crippen molar-refractivity contribution in [3.63, 3.8) is 0 Å². The van der Waals surface area contributed by atoms with Gasteiger partial charge in [0, 0.05) is 0 Å². The summed E-state index contributed by atoms with van der Waals surface area (Å²) < 4.78 is 0. The Kier molecular flexibility index (Phi) is 3.65. The van der Waals surface area contributed by atoms with E-state index in [9.17, 15) is 9.59 Å². The maximum atomic E-state index is 10.3. The highest BCUT2D eigenvalue weighted by Gasteiger charge is 2.27. The predicted molar refractivity (Wildman–Crippen MR) is 37.8 cm³/mol. The van der Waals surface area contributed by atoms with E-state index in [0.717, 1.165) is 0 Å². The number of carboxylic acids is 2. The normalized spacial score (nSPS) is 15.7. The van der Waals surface area contributed by atoms with Gasteiger partial charge < -0.3 is 15.4 Å². The molecule has 70 valence electrons. The van der Waals surface area contributed by atoms with Crippen molar-refractivity contribution in [1.29, 1.82) is 0 Å². The second-order valence-electron chi connectivity index (χ2n) is 2.41. The quantitative estimate of drug-likeness (QED) is 0.506. The highest BCUT2D eigenvalue weighted by Crippen LogP contribution is 2.01. The van der Waals surface area contributed by atoms with Crippen molar-refractivity contribution in [3.8, 4) is 0 Å². The third-order valence-electron chi connectivity index (χ3n) is 1.51. The molecule has 0 fully saturated rings. The van der Waals surface area contributed by atoms with Gasteiger partial charge in [-0.05, 0) is 13.8 Å². The number of carbonyl (C=O) groups is 2. The summed E-state index contributed by atoms with van der Waals surface area (Å²) in [6.07, 6.45) is 0. The third-order valence-corrected chi connectivity index (χ3v) is 1.51. The van der Waals surface area contributed by atoms with Gasteiger partial charge in [-0.25, -0.2) is 0 Å². The van der Waals surface area contributed by atoms with Gasteiger partial charge >= 0.3 is 11.9 Å². The Morgan fingerprint density at radius 1 is 1.08 bits per heavy atom. The third kappa shape index (κ3) is 2.48. The van der Waals surface area contributed by atoms with Crippen LogP contribution in [0.25, 0.3) is 0 Å². The summed E-state index contributed by atoms with van der Waals surface area (Å²) in [4.78, 5) is 20.5. The molecular formula is C6H11NO5. The number of hydroxylamine groups is 2. The Balaban J connectivity index is 4.28. The Morgan fingerprint density at radius 3 is 1.50 bits per heavy atom. The molecule has 0 aromatic rings. The summed E-state index contributed by atoms with van der Waals surface area (Å²) >= 11 is 0. The Bertz CT molecular complexity index is 172. The average Bonchev–Trinajstić information content (AvgIpc) is 2.00. The van der Waals surface area contributed by atoms with E-state index in [4.69, 9.17) is 15.4 Å². The van der Waals surface area contributed by atoms with Crippen LogP contribution in [0, 0.1) is 0 Å². The summed E-state index contributed by atoms with van der Waals surface area (Å²) in [6, 6.07) is -2.45. The number of nitrogens with zero attached hydrogens (tertiary/aromatic N) is 1. The molecule has 2 atom stereocenters. The number of hydrogen-bond acceptors (Lipinski definition) is 4. The lowest BCUT2D eigenvalue weighted by atomic mass is 10.2. The van der Waals surface area contributed by atoms with Crippen LogP contribution in [-0.4, -0.2) is 44.5 Å². The van der Waals surface area contributed by atoms with Gasteiger partial charge in [0.25, 0.3) is 0 Å². The van der Waals surface area contributed by atoms with Crippen molar-refractivity contribution >= 4 is 11.9 Å². The molecule has 0 saturated heterocycles. The molecule has 0 saturated carbocycles. The molecule has 0 heterocycles. The number of hydrogen-bond donors (Lipinski definition) is 3. The van der Waals surface area contributed by atoms with E-state index in [1.807, 2.05) is 0 Å². The molecule has 0 aromatic heterocycles. The van der Waals surface area contributed by atoms with Gasteiger partial charge in [0.15, 0.2) is 0 Å². The van der Waals surface area contributed by atoms with Crippen molar-refractivity contribution in [1.82, 2.24) is 5.06 Å². The Morgan fingerprint density at radius 2 is 1.33 bits per heavy atom. The molecule has 6 nitrogen and oxygen atoms in total. The fourth-order valence-electron chi connectivity index (χ4n) is 0.562. The zero-order valence-corrected chi connectivity index (χ0v) is 6.76. The average molecular weight is 177 g/mol. The van der Waals surface area contributed by atoms with Gasteiger partial charge in [0.1, 0.15) is 12.1 Å². The zero-order chi connectivity index (χ0) is 9.89. The van der Waals surface area contributed by atoms with E-state index < -0.39 is 24.0 Å². The van der Waals surface area contributed by atoms with Crippen LogP contribution in [0.1, 0.15) is 13.8 Å². The largest absolute Gasteiger partial charge is 0.480 e. The summed E-state index contributed by atoms with van der Waals surface area (Å²) in [7, 11) is 0. The van der Waals surface area contributed by atoms with E-state index in [2.05, 4.69) is 0 Å². The summed E-state index contributed by atoms with van der Waals surface area (Å²) in [5, 5.41) is 26.1. The van der Waals surface area contributed by atoms with E-state index in [0.29, 0.717) is 0 Å². The second kappa shape index (κ2) is 4.03. The van der Waals surface area contributed by atoms with Crippen LogP contribution in [-0.2, 0) is 9.59 Å². The Hall–Kier alpha value is -1.14. The van der Waals surface area contributed by atoms with Crippen LogP contribution in [0.2, 0.25) is 0 Å². The lowest BCUT2D eigenvalue weighted by molar-refractivity contribution is -0.188. The molecule has 12 heavy (non-hydrogen) atoms. The standard InChI is InChI=1S/C6H11NO5/c1-3(5(8)9)7(12)4(2)6(10)11/h3-4,12H,1-2H3,(H,8,9)(H,10,11)/t3-,4+. The molecule has 0 spiro atoms. The fraction of sp³-hybridized carbons (Fsp3) is 0.667. The zero-order valence-electron chi connectivity index (χ0n) is 6.76. The number of aliphatic carboxylic acids is 2. The van der Waals surface area contributed by atoms with Crippen molar-refractivity contribution in [3.05, 3.63) is 0 Å². The minimum absolute atomic E-state index is 0.282. The van der Waals surface area contributed by atoms with E-state index >= 15 is 0 Å². The lowest BCUT2D eigenvalue weighted by Crippen LogP contribution is -2.45. The molecule has 6 heteroatoms. The van der Waals surface area contributed by atoms with Crippen LogP contribution in [0.5, 0.6) is 0 Å². The van der Waals surface area contributed by atoms with Crippen LogP contribution < -0.4 is 0 Å². The summed E-state index contributed by atoms with van der Waals surface area (Å²) in [5.74, 6) is -2.55. The molecule has 0 amide bonds. The minimum Gasteiger partial charge on any atom is -0.480 e. The van der Waals surface area contributed by atoms with Gasteiger partial charge in [-0.1, -0.05) is 0 Å². The topological polar surface area (TPSA) is 98.1 Å². The summed E-state index contributed by atoms with van der Waals surface area (Å²) in [6.45, 7) is 2.39. The Labute approximate surface area is 69.0 Å². The molecule has 0 aliphatic rings. The molecule has 3 N–H and O–H groups in total. The first-order chi connectivity index (χ1) is 5.37. The first-order valence-electron chi connectivity index (χ1n) is 3.30. The monoisotopic (exact) mass is 177 g/mol. The second-order valence-corrected chi connectivity index (χ2v) is 2.41. The molecule has 0 aliphatic carbocycles. The molecule has 0 aliphatic heterocycles. The van der Waals surface area contributed by atoms with E-state index in [-0.39, 0.29) is 5.06 Å². The van der Waals surface area contributed by atoms with E-state index in [1.165, 1.54) is 13.8 Å². The molecular weight excluding hydrogens is 166 g/mol. The smallest absolute Gasteiger partial charge is 0.323 e. The van der Waals surface area contributed by atoms with Gasteiger partial charge in [-0.15, -0.1) is 0 Å². The maximum Gasteiger partial charge on any atom is 0.323 e. The van der Waals surface area contributed by atoms with Crippen LogP contribution in [0.4, 0.5) is 0 Å². The fourth-order valence-corrected chi connectivity index (χ4v) is 0.562. The predicted octanol–water partition coefficient (Wildman–Crippen LogP) is -0.376. The van der Waals surface area contributed by atoms with Crippen LogP contribution >= 0.6 is 0 Å². The number of rotatable bonds is 4. The van der Waals surface area contributed by atoms with Gasteiger partial charge in [0.05, 0.1) is 0 Å². The van der Waals surface area contributed by atoms with E-state index in [1.54, 1.807) is 0 Å². The number of carboxylic acid groups (broad SMARTS) is 2. The van der Waals surface area contributed by atoms with Crippen molar-refractivity contribution in [2.75, 3.05) is 0 Å². The van der Waals surface area contributed by atoms with Gasteiger partial charge in [-0.3, -0.25) is 9.59 Å². The molecule has 0 rings (SSSR count). The highest BCUT2D eigenvalue weighted by molar-refractivity contribution is 5.76. The summed E-state index contributed by atoms with van der Waals surface area (Å²) in [5.41, 5.74) is 0. The van der Waals surface area contributed by atoms with Crippen molar-refractivity contribution in [2.24, 2.45) is 0 Å². The highest BCUT2D eigenvalue weighted by atomic mass is 16.5. The van der Waals surface area contributed by atoms with Crippen molar-refractivity contribution < 1.29 is 25.0 Å². The molecule has 0 bridgehead atoms. The van der Waals surface area contributed by atoms with Crippen LogP contribution in [0.15, 0.2) is 0 Å². The lowest BCUT2D eigenvalue weighted by Gasteiger charge is -2.22. The molecule has 0 aromatic carbocycles. The SMILES string of the molecule is C[C@H](C(=O)O)N(O)[C@@H](C)C(=O)O. The van der Waals surface area contributed by atoms with Gasteiger partial charge in [-0.2, -0.15) is 5.06 Å².